The molecule has 21 heavy (non-hydrogen) atoms. The van der Waals surface area contributed by atoms with Crippen molar-refractivity contribution < 1.29 is 17.5 Å². The van der Waals surface area contributed by atoms with Gasteiger partial charge in [0, 0.05) is 6.54 Å². The molecule has 1 heterocycles. The minimum atomic E-state index is -3.54. The summed E-state index contributed by atoms with van der Waals surface area (Å²) in [5.41, 5.74) is 0.531. The third-order valence-electron chi connectivity index (χ3n) is 2.59. The molecule has 0 bridgehead atoms. The highest BCUT2D eigenvalue weighted by Crippen LogP contribution is 2.20. The van der Waals surface area contributed by atoms with Gasteiger partial charge in [-0.05, 0) is 43.0 Å². The summed E-state index contributed by atoms with van der Waals surface area (Å²) in [5.74, 6) is -0.341. The third-order valence-corrected chi connectivity index (χ3v) is 5.38. The summed E-state index contributed by atoms with van der Waals surface area (Å²) in [6.45, 7) is 3.64. The summed E-state index contributed by atoms with van der Waals surface area (Å²) in [4.78, 5) is 0. The van der Waals surface area contributed by atoms with Crippen LogP contribution in [0.5, 0.6) is 5.75 Å². The smallest absolute Gasteiger partial charge is 0.250 e. The third kappa shape index (κ3) is 4.26. The molecule has 0 amide bonds. The van der Waals surface area contributed by atoms with Gasteiger partial charge in [-0.15, -0.1) is 11.3 Å². The minimum Gasteiger partial charge on any atom is -0.488 e. The molecule has 0 saturated heterocycles. The maximum absolute atomic E-state index is 13.8. The number of benzene rings is 1. The fraction of sp³-hybridized carbons (Fsp3) is 0.286. The van der Waals surface area contributed by atoms with E-state index >= 15 is 0 Å². The zero-order valence-electron chi connectivity index (χ0n) is 11.7. The van der Waals surface area contributed by atoms with Crippen LogP contribution in [0.2, 0.25) is 0 Å². The number of sulfonamides is 1. The lowest BCUT2D eigenvalue weighted by molar-refractivity contribution is 0.231. The van der Waals surface area contributed by atoms with Crippen LogP contribution in [0.15, 0.2) is 39.9 Å². The van der Waals surface area contributed by atoms with Crippen LogP contribution >= 0.6 is 11.3 Å². The molecule has 4 nitrogen and oxygen atoms in total. The van der Waals surface area contributed by atoms with E-state index in [0.717, 1.165) is 11.3 Å². The van der Waals surface area contributed by atoms with Crippen molar-refractivity contribution in [3.63, 3.8) is 0 Å². The van der Waals surface area contributed by atoms with Crippen LogP contribution in [0.25, 0.3) is 0 Å². The highest BCUT2D eigenvalue weighted by molar-refractivity contribution is 7.91. The van der Waals surface area contributed by atoms with E-state index in [-0.39, 0.29) is 22.6 Å². The average molecular weight is 329 g/mol. The fourth-order valence-corrected chi connectivity index (χ4v) is 3.72. The van der Waals surface area contributed by atoms with Gasteiger partial charge in [-0.25, -0.2) is 17.5 Å². The topological polar surface area (TPSA) is 55.4 Å². The van der Waals surface area contributed by atoms with Crippen molar-refractivity contribution in [2.75, 3.05) is 0 Å². The highest BCUT2D eigenvalue weighted by Gasteiger charge is 2.15. The Labute approximate surface area is 127 Å². The van der Waals surface area contributed by atoms with Crippen LogP contribution < -0.4 is 9.46 Å². The van der Waals surface area contributed by atoms with Crippen molar-refractivity contribution in [3.8, 4) is 5.75 Å². The molecule has 0 aliphatic carbocycles. The summed E-state index contributed by atoms with van der Waals surface area (Å²) in [7, 11) is -3.54. The summed E-state index contributed by atoms with van der Waals surface area (Å²) in [5, 5.41) is 1.69. The molecule has 0 aliphatic heterocycles. The monoisotopic (exact) mass is 329 g/mol. The highest BCUT2D eigenvalue weighted by atomic mass is 32.2. The van der Waals surface area contributed by atoms with E-state index in [2.05, 4.69) is 4.72 Å². The van der Waals surface area contributed by atoms with E-state index < -0.39 is 15.8 Å². The second-order valence-corrected chi connectivity index (χ2v) is 7.63. The summed E-state index contributed by atoms with van der Waals surface area (Å²) in [6, 6.07) is 7.60. The Morgan fingerprint density at radius 3 is 2.67 bits per heavy atom. The number of thiophene rings is 1. The largest absolute Gasteiger partial charge is 0.488 e. The van der Waals surface area contributed by atoms with Crippen LogP contribution in [-0.2, 0) is 16.6 Å². The molecule has 7 heteroatoms. The molecule has 0 radical (unpaired) electrons. The maximum Gasteiger partial charge on any atom is 0.250 e. The van der Waals surface area contributed by atoms with Crippen LogP contribution in [-0.4, -0.2) is 14.5 Å². The molecule has 114 valence electrons. The minimum absolute atomic E-state index is 0.0269. The van der Waals surface area contributed by atoms with Crippen molar-refractivity contribution >= 4 is 21.4 Å². The number of halogens is 1. The number of hydrogen-bond acceptors (Lipinski definition) is 4. The van der Waals surface area contributed by atoms with Gasteiger partial charge >= 0.3 is 0 Å². The van der Waals surface area contributed by atoms with Gasteiger partial charge in [-0.3, -0.25) is 0 Å². The molecule has 1 N–H and O–H groups in total. The van der Waals surface area contributed by atoms with E-state index in [4.69, 9.17) is 4.74 Å². The van der Waals surface area contributed by atoms with Gasteiger partial charge in [0.15, 0.2) is 11.6 Å². The lowest BCUT2D eigenvalue weighted by Crippen LogP contribution is -2.22. The summed E-state index contributed by atoms with van der Waals surface area (Å²) >= 11 is 1.13. The number of rotatable bonds is 6. The van der Waals surface area contributed by atoms with Crippen molar-refractivity contribution in [2.45, 2.75) is 30.7 Å². The van der Waals surface area contributed by atoms with Gasteiger partial charge < -0.3 is 4.74 Å². The molecule has 0 atom stereocenters. The average Bonchev–Trinajstić information content (AvgIpc) is 2.93. The summed E-state index contributed by atoms with van der Waals surface area (Å²) < 4.78 is 45.7. The molecule has 2 rings (SSSR count). The van der Waals surface area contributed by atoms with E-state index in [1.54, 1.807) is 17.5 Å². The van der Waals surface area contributed by atoms with E-state index in [9.17, 15) is 12.8 Å². The Hall–Kier alpha value is -1.44. The second-order valence-electron chi connectivity index (χ2n) is 4.69. The predicted molar refractivity (Wildman–Crippen MR) is 80.5 cm³/mol. The van der Waals surface area contributed by atoms with Crippen molar-refractivity contribution in [3.05, 3.63) is 47.1 Å². The van der Waals surface area contributed by atoms with Gasteiger partial charge in [0.2, 0.25) is 10.0 Å². The maximum atomic E-state index is 13.8. The van der Waals surface area contributed by atoms with E-state index in [1.807, 2.05) is 13.8 Å². The number of hydrogen-bond donors (Lipinski definition) is 1. The van der Waals surface area contributed by atoms with Crippen LogP contribution in [0.3, 0.4) is 0 Å². The zero-order chi connectivity index (χ0) is 15.5. The Bertz CT molecular complexity index is 697. The van der Waals surface area contributed by atoms with Gasteiger partial charge in [0.1, 0.15) is 4.21 Å². The van der Waals surface area contributed by atoms with E-state index in [1.165, 1.54) is 18.2 Å². The first kappa shape index (κ1) is 15.9. The molecular formula is C14H16FNO3S2. The molecule has 0 aliphatic rings. The SMILES string of the molecule is CC(C)Oc1ccc(CNS(=O)(=O)c2cccs2)cc1F. The molecule has 0 unspecified atom stereocenters. The molecular weight excluding hydrogens is 313 g/mol. The Balaban J connectivity index is 2.06. The van der Waals surface area contributed by atoms with Gasteiger partial charge in [-0.2, -0.15) is 0 Å². The molecule has 1 aromatic heterocycles. The summed E-state index contributed by atoms with van der Waals surface area (Å²) in [6.07, 6.45) is -0.123. The fourth-order valence-electron chi connectivity index (χ4n) is 1.67. The number of nitrogens with one attached hydrogen (secondary N) is 1. The first-order chi connectivity index (χ1) is 9.88. The lowest BCUT2D eigenvalue weighted by Gasteiger charge is -2.11. The molecule has 0 spiro atoms. The van der Waals surface area contributed by atoms with Gasteiger partial charge in [-0.1, -0.05) is 12.1 Å². The second kappa shape index (κ2) is 6.55. The molecule has 0 saturated carbocycles. The van der Waals surface area contributed by atoms with Crippen LogP contribution in [0, 0.1) is 5.82 Å². The standard InChI is InChI=1S/C14H16FNO3S2/c1-10(2)19-13-6-5-11(8-12(13)15)9-16-21(17,18)14-4-3-7-20-14/h3-8,10,16H,9H2,1-2H3. The van der Waals surface area contributed by atoms with Gasteiger partial charge in [0.25, 0.3) is 0 Å². The lowest BCUT2D eigenvalue weighted by atomic mass is 10.2. The van der Waals surface area contributed by atoms with Gasteiger partial charge in [0.05, 0.1) is 6.10 Å². The van der Waals surface area contributed by atoms with Crippen LogP contribution in [0.1, 0.15) is 19.4 Å². The van der Waals surface area contributed by atoms with E-state index in [0.29, 0.717) is 5.56 Å². The first-order valence-corrected chi connectivity index (χ1v) is 8.73. The zero-order valence-corrected chi connectivity index (χ0v) is 13.3. The Morgan fingerprint density at radius 1 is 1.33 bits per heavy atom. The quantitative estimate of drug-likeness (QED) is 0.886. The molecule has 2 aromatic rings. The Morgan fingerprint density at radius 2 is 2.10 bits per heavy atom. The Kier molecular flexibility index (Phi) is 4.97. The predicted octanol–water partition coefficient (Wildman–Crippen LogP) is 3.15. The van der Waals surface area contributed by atoms with Crippen molar-refractivity contribution in [2.24, 2.45) is 0 Å². The van der Waals surface area contributed by atoms with Crippen molar-refractivity contribution in [1.82, 2.24) is 4.72 Å². The van der Waals surface area contributed by atoms with Crippen LogP contribution in [0.4, 0.5) is 4.39 Å². The first-order valence-electron chi connectivity index (χ1n) is 6.37. The van der Waals surface area contributed by atoms with Crippen molar-refractivity contribution in [1.29, 1.82) is 0 Å². The molecule has 0 fully saturated rings. The molecule has 1 aromatic carbocycles. The number of ether oxygens (including phenoxy) is 1. The normalized spacial score (nSPS) is 11.8.